The Bertz CT molecular complexity index is 645. The molecule has 4 heteroatoms. The van der Waals surface area contributed by atoms with E-state index in [2.05, 4.69) is 0 Å². The fourth-order valence-corrected chi connectivity index (χ4v) is 2.08. The lowest BCUT2D eigenvalue weighted by atomic mass is 9.99. The Morgan fingerprint density at radius 3 is 2.39 bits per heavy atom. The molecule has 0 atom stereocenters. The second kappa shape index (κ2) is 4.14. The Kier molecular flexibility index (Phi) is 2.48. The second-order valence-corrected chi connectivity index (χ2v) is 3.98. The first-order valence-electron chi connectivity index (χ1n) is 5.63. The van der Waals surface area contributed by atoms with Crippen LogP contribution in [0.4, 0.5) is 0 Å². The van der Waals surface area contributed by atoms with Crippen LogP contribution in [0.5, 0.6) is 0 Å². The fourth-order valence-electron chi connectivity index (χ4n) is 2.08. The third-order valence-electron chi connectivity index (χ3n) is 2.90. The molecular weight excluding hydrogens is 232 g/mol. The van der Waals surface area contributed by atoms with Crippen LogP contribution < -0.4 is 0 Å². The Hall–Kier alpha value is -2.36. The van der Waals surface area contributed by atoms with Gasteiger partial charge in [-0.2, -0.15) is 0 Å². The van der Waals surface area contributed by atoms with E-state index < -0.39 is 11.9 Å². The molecule has 2 aromatic carbocycles. The zero-order chi connectivity index (χ0) is 12.5. The lowest BCUT2D eigenvalue weighted by Crippen LogP contribution is -2.21. The highest BCUT2D eigenvalue weighted by Crippen LogP contribution is 2.25. The molecule has 0 fully saturated rings. The van der Waals surface area contributed by atoms with E-state index in [-0.39, 0.29) is 24.3 Å². The van der Waals surface area contributed by atoms with Crippen molar-refractivity contribution in [1.29, 1.82) is 0 Å². The maximum atomic E-state index is 12.0. The number of hydrogen-bond donors (Lipinski definition) is 0. The highest BCUT2D eigenvalue weighted by Gasteiger charge is 2.24. The number of hydrogen-bond acceptors (Lipinski definition) is 4. The Morgan fingerprint density at radius 2 is 1.56 bits per heavy atom. The number of carbonyl (C=O) groups excluding carboxylic acids is 2. The molecule has 0 N–H and O–H groups in total. The van der Waals surface area contributed by atoms with Gasteiger partial charge in [-0.1, -0.05) is 30.3 Å². The molecule has 0 unspecified atom stereocenters. The summed E-state index contributed by atoms with van der Waals surface area (Å²) in [5, 5.41) is 1.60. The van der Waals surface area contributed by atoms with Crippen LogP contribution in [0, 0.1) is 0 Å². The van der Waals surface area contributed by atoms with Crippen LogP contribution in [0.15, 0.2) is 36.4 Å². The summed E-state index contributed by atoms with van der Waals surface area (Å²) in [6.07, 6.45) is 0. The number of fused-ring (bicyclic) bond motifs is 3. The first kappa shape index (κ1) is 10.8. The zero-order valence-electron chi connectivity index (χ0n) is 9.51. The molecule has 0 radical (unpaired) electrons. The SMILES string of the molecule is O=C1OCCOC(=O)c2c1ccc1ccccc21. The standard InChI is InChI=1S/C14H10O4/c15-13-11-6-5-9-3-1-2-4-10(9)12(11)14(16)18-8-7-17-13/h1-6H,7-8H2. The summed E-state index contributed by atoms with van der Waals surface area (Å²) < 4.78 is 10.0. The van der Waals surface area contributed by atoms with Crippen LogP contribution in [-0.4, -0.2) is 25.2 Å². The van der Waals surface area contributed by atoms with Gasteiger partial charge in [-0.15, -0.1) is 0 Å². The Balaban J connectivity index is 2.34. The first-order valence-corrected chi connectivity index (χ1v) is 5.63. The van der Waals surface area contributed by atoms with Crippen molar-refractivity contribution in [3.8, 4) is 0 Å². The molecule has 90 valence electrons. The number of rotatable bonds is 0. The van der Waals surface area contributed by atoms with E-state index in [4.69, 9.17) is 9.47 Å². The lowest BCUT2D eigenvalue weighted by Gasteiger charge is -2.15. The molecule has 0 spiro atoms. The van der Waals surface area contributed by atoms with E-state index in [1.165, 1.54) is 0 Å². The average Bonchev–Trinajstić information content (AvgIpc) is 2.40. The first-order chi connectivity index (χ1) is 8.77. The van der Waals surface area contributed by atoms with Crippen LogP contribution in [-0.2, 0) is 9.47 Å². The predicted molar refractivity (Wildman–Crippen MR) is 64.5 cm³/mol. The number of ether oxygens (including phenoxy) is 2. The lowest BCUT2D eigenvalue weighted by molar-refractivity contribution is 0.0227. The molecule has 0 saturated heterocycles. The molecule has 1 heterocycles. The van der Waals surface area contributed by atoms with E-state index >= 15 is 0 Å². The quantitative estimate of drug-likeness (QED) is 0.664. The van der Waals surface area contributed by atoms with Crippen LogP contribution in [0.1, 0.15) is 20.7 Å². The van der Waals surface area contributed by atoms with Crippen molar-refractivity contribution in [2.75, 3.05) is 13.2 Å². The minimum atomic E-state index is -0.479. The summed E-state index contributed by atoms with van der Waals surface area (Å²) >= 11 is 0. The molecule has 1 aliphatic heterocycles. The molecule has 2 aromatic rings. The number of carbonyl (C=O) groups is 2. The maximum Gasteiger partial charge on any atom is 0.339 e. The van der Waals surface area contributed by atoms with Gasteiger partial charge in [0.25, 0.3) is 0 Å². The van der Waals surface area contributed by atoms with E-state index in [0.717, 1.165) is 5.39 Å². The molecule has 1 aliphatic rings. The minimum Gasteiger partial charge on any atom is -0.458 e. The highest BCUT2D eigenvalue weighted by molar-refractivity contribution is 6.12. The Morgan fingerprint density at radius 1 is 0.833 bits per heavy atom. The van der Waals surface area contributed by atoms with Gasteiger partial charge in [0, 0.05) is 0 Å². The maximum absolute atomic E-state index is 12.0. The van der Waals surface area contributed by atoms with Crippen molar-refractivity contribution < 1.29 is 19.1 Å². The van der Waals surface area contributed by atoms with Gasteiger partial charge in [-0.25, -0.2) is 9.59 Å². The van der Waals surface area contributed by atoms with Gasteiger partial charge in [-0.3, -0.25) is 0 Å². The summed E-state index contributed by atoms with van der Waals surface area (Å²) in [4.78, 5) is 23.8. The van der Waals surface area contributed by atoms with Crippen molar-refractivity contribution in [2.45, 2.75) is 0 Å². The molecule has 0 aromatic heterocycles. The predicted octanol–water partition coefficient (Wildman–Crippen LogP) is 2.17. The highest BCUT2D eigenvalue weighted by atomic mass is 16.6. The van der Waals surface area contributed by atoms with Crippen LogP contribution in [0.25, 0.3) is 10.8 Å². The van der Waals surface area contributed by atoms with E-state index in [1.807, 2.05) is 18.2 Å². The summed E-state index contributed by atoms with van der Waals surface area (Å²) in [6, 6.07) is 10.8. The topological polar surface area (TPSA) is 52.6 Å². The molecule has 0 amide bonds. The van der Waals surface area contributed by atoms with Gasteiger partial charge >= 0.3 is 11.9 Å². The van der Waals surface area contributed by atoms with E-state index in [9.17, 15) is 9.59 Å². The smallest absolute Gasteiger partial charge is 0.339 e. The summed E-state index contributed by atoms with van der Waals surface area (Å²) in [5.41, 5.74) is 0.552. The van der Waals surface area contributed by atoms with Gasteiger partial charge < -0.3 is 9.47 Å². The zero-order valence-corrected chi connectivity index (χ0v) is 9.51. The number of benzene rings is 2. The van der Waals surface area contributed by atoms with E-state index in [0.29, 0.717) is 5.39 Å². The Labute approximate surface area is 103 Å². The largest absolute Gasteiger partial charge is 0.458 e. The van der Waals surface area contributed by atoms with Crippen molar-refractivity contribution in [3.05, 3.63) is 47.5 Å². The molecule has 3 rings (SSSR count). The molecule has 4 nitrogen and oxygen atoms in total. The molecule has 18 heavy (non-hydrogen) atoms. The van der Waals surface area contributed by atoms with Gasteiger partial charge in [0.05, 0.1) is 11.1 Å². The van der Waals surface area contributed by atoms with Gasteiger partial charge in [0.2, 0.25) is 0 Å². The molecule has 0 aliphatic carbocycles. The minimum absolute atomic E-state index is 0.0905. The normalized spacial score (nSPS) is 15.3. The third kappa shape index (κ3) is 1.62. The third-order valence-corrected chi connectivity index (χ3v) is 2.90. The average molecular weight is 242 g/mol. The summed E-state index contributed by atoms with van der Waals surface area (Å²) in [7, 11) is 0. The van der Waals surface area contributed by atoms with Crippen molar-refractivity contribution in [2.24, 2.45) is 0 Å². The van der Waals surface area contributed by atoms with E-state index in [1.54, 1.807) is 18.2 Å². The molecular formula is C14H10O4. The summed E-state index contributed by atoms with van der Waals surface area (Å²) in [5.74, 6) is -0.953. The number of cyclic esters (lactones) is 2. The van der Waals surface area contributed by atoms with Crippen molar-refractivity contribution >= 4 is 22.7 Å². The van der Waals surface area contributed by atoms with Crippen molar-refractivity contribution in [1.82, 2.24) is 0 Å². The van der Waals surface area contributed by atoms with Crippen molar-refractivity contribution in [3.63, 3.8) is 0 Å². The van der Waals surface area contributed by atoms with Crippen LogP contribution >= 0.6 is 0 Å². The molecule has 0 bridgehead atoms. The molecule has 0 saturated carbocycles. The van der Waals surface area contributed by atoms with Gasteiger partial charge in [0.15, 0.2) is 0 Å². The van der Waals surface area contributed by atoms with Gasteiger partial charge in [-0.05, 0) is 16.8 Å². The van der Waals surface area contributed by atoms with Gasteiger partial charge in [0.1, 0.15) is 13.2 Å². The summed E-state index contributed by atoms with van der Waals surface area (Å²) in [6.45, 7) is 0.185. The fraction of sp³-hybridized carbons (Fsp3) is 0.143. The van der Waals surface area contributed by atoms with Crippen LogP contribution in [0.3, 0.4) is 0 Å². The monoisotopic (exact) mass is 242 g/mol. The number of esters is 2. The second-order valence-electron chi connectivity index (χ2n) is 3.98. The van der Waals surface area contributed by atoms with Crippen LogP contribution in [0.2, 0.25) is 0 Å².